The molecule has 1 saturated heterocycles. The average molecular weight is 217 g/mol. The molecule has 1 aromatic carbocycles. The summed E-state index contributed by atoms with van der Waals surface area (Å²) in [5, 5.41) is 9.46. The van der Waals surface area contributed by atoms with E-state index in [9.17, 15) is 5.11 Å². The minimum atomic E-state index is 0.417. The lowest BCUT2D eigenvalue weighted by molar-refractivity contribution is 0.282. The molecule has 1 heterocycles. The first-order chi connectivity index (χ1) is 7.81. The number of nitrogens with zero attached hydrogens (tertiary/aromatic N) is 1. The van der Waals surface area contributed by atoms with Crippen molar-refractivity contribution in [1.29, 1.82) is 0 Å². The van der Waals surface area contributed by atoms with Crippen molar-refractivity contribution in [1.82, 2.24) is 4.90 Å². The first-order valence-corrected chi connectivity index (χ1v) is 6.34. The summed E-state index contributed by atoms with van der Waals surface area (Å²) < 4.78 is 0. The van der Waals surface area contributed by atoms with Crippen LogP contribution in [0.2, 0.25) is 0 Å². The number of aromatic hydroxyl groups is 1. The molecule has 1 aliphatic carbocycles. The summed E-state index contributed by atoms with van der Waals surface area (Å²) in [4.78, 5) is 2.59. The Kier molecular flexibility index (Phi) is 2.60. The number of benzene rings is 1. The molecule has 0 bridgehead atoms. The predicted molar refractivity (Wildman–Crippen MR) is 64.7 cm³/mol. The molecule has 16 heavy (non-hydrogen) atoms. The van der Waals surface area contributed by atoms with E-state index in [2.05, 4.69) is 11.0 Å². The van der Waals surface area contributed by atoms with Gasteiger partial charge in [0.1, 0.15) is 5.75 Å². The molecular formula is C14H19NO. The molecule has 86 valence electrons. The molecule has 0 spiro atoms. The minimum Gasteiger partial charge on any atom is -0.508 e. The molecule has 0 aromatic heterocycles. The Morgan fingerprint density at radius 2 is 1.88 bits per heavy atom. The fraction of sp³-hybridized carbons (Fsp3) is 0.571. The van der Waals surface area contributed by atoms with Crippen molar-refractivity contribution in [3.8, 4) is 5.75 Å². The number of phenols is 1. The Balaban J connectivity index is 1.65. The third kappa shape index (κ3) is 1.94. The first kappa shape index (κ1) is 10.2. The Labute approximate surface area is 96.9 Å². The van der Waals surface area contributed by atoms with Crippen molar-refractivity contribution >= 4 is 0 Å². The maximum atomic E-state index is 9.46. The summed E-state index contributed by atoms with van der Waals surface area (Å²) in [6, 6.07) is 5.85. The quantitative estimate of drug-likeness (QED) is 0.821. The van der Waals surface area contributed by atoms with Crippen LogP contribution in [0.5, 0.6) is 5.75 Å². The predicted octanol–water partition coefficient (Wildman–Crippen LogP) is 2.20. The van der Waals surface area contributed by atoms with Crippen molar-refractivity contribution < 1.29 is 5.11 Å². The van der Waals surface area contributed by atoms with Gasteiger partial charge in [-0.3, -0.25) is 0 Å². The highest BCUT2D eigenvalue weighted by Crippen LogP contribution is 2.30. The van der Waals surface area contributed by atoms with Gasteiger partial charge in [-0.05, 0) is 68.0 Å². The summed E-state index contributed by atoms with van der Waals surface area (Å²) in [5.74, 6) is 1.19. The van der Waals surface area contributed by atoms with Crippen LogP contribution in [0.3, 0.4) is 0 Å². The van der Waals surface area contributed by atoms with E-state index in [0.717, 1.165) is 12.3 Å². The van der Waals surface area contributed by atoms with E-state index >= 15 is 0 Å². The summed E-state index contributed by atoms with van der Waals surface area (Å²) in [6.45, 7) is 3.83. The van der Waals surface area contributed by atoms with Gasteiger partial charge in [0.05, 0.1) is 0 Å². The van der Waals surface area contributed by atoms with Crippen LogP contribution in [0, 0.1) is 5.92 Å². The standard InChI is InChI=1S/C14H19NO/c16-14-4-3-12-7-11(8-13(12)9-14)10-15-5-1-2-6-15/h3-4,9,11,16H,1-2,5-8,10H2. The molecule has 1 atom stereocenters. The Bertz CT molecular complexity index is 382. The second-order valence-electron chi connectivity index (χ2n) is 5.24. The van der Waals surface area contributed by atoms with E-state index < -0.39 is 0 Å². The lowest BCUT2D eigenvalue weighted by Gasteiger charge is -2.19. The fourth-order valence-corrected chi connectivity index (χ4v) is 3.16. The molecule has 0 saturated carbocycles. The van der Waals surface area contributed by atoms with Gasteiger partial charge in [-0.2, -0.15) is 0 Å². The summed E-state index contributed by atoms with van der Waals surface area (Å²) in [6.07, 6.45) is 5.10. The third-order valence-electron chi connectivity index (χ3n) is 3.92. The molecule has 1 fully saturated rings. The normalized spacial score (nSPS) is 24.9. The van der Waals surface area contributed by atoms with Gasteiger partial charge in [-0.1, -0.05) is 6.07 Å². The molecule has 2 nitrogen and oxygen atoms in total. The van der Waals surface area contributed by atoms with Crippen LogP contribution in [0.1, 0.15) is 24.0 Å². The second-order valence-corrected chi connectivity index (χ2v) is 5.24. The van der Waals surface area contributed by atoms with Crippen LogP contribution < -0.4 is 0 Å². The number of fused-ring (bicyclic) bond motifs is 1. The smallest absolute Gasteiger partial charge is 0.115 e. The largest absolute Gasteiger partial charge is 0.508 e. The van der Waals surface area contributed by atoms with Gasteiger partial charge in [0.2, 0.25) is 0 Å². The van der Waals surface area contributed by atoms with Crippen molar-refractivity contribution in [2.75, 3.05) is 19.6 Å². The molecule has 1 N–H and O–H groups in total. The molecule has 0 radical (unpaired) electrons. The van der Waals surface area contributed by atoms with E-state index in [4.69, 9.17) is 0 Å². The van der Waals surface area contributed by atoms with E-state index in [1.165, 1.54) is 50.0 Å². The number of phenolic OH excluding ortho intramolecular Hbond substituents is 1. The third-order valence-corrected chi connectivity index (χ3v) is 3.92. The highest BCUT2D eigenvalue weighted by molar-refractivity contribution is 5.38. The molecule has 1 unspecified atom stereocenters. The summed E-state index contributed by atoms with van der Waals surface area (Å²) >= 11 is 0. The van der Waals surface area contributed by atoms with E-state index in [1.54, 1.807) is 0 Å². The minimum absolute atomic E-state index is 0.417. The van der Waals surface area contributed by atoms with E-state index in [-0.39, 0.29) is 0 Å². The van der Waals surface area contributed by atoms with Crippen LogP contribution in [0.25, 0.3) is 0 Å². The van der Waals surface area contributed by atoms with Crippen LogP contribution >= 0.6 is 0 Å². The lowest BCUT2D eigenvalue weighted by Crippen LogP contribution is -2.26. The van der Waals surface area contributed by atoms with Crippen molar-refractivity contribution in [3.63, 3.8) is 0 Å². The second kappa shape index (κ2) is 4.10. The maximum Gasteiger partial charge on any atom is 0.115 e. The van der Waals surface area contributed by atoms with Gasteiger partial charge in [0.15, 0.2) is 0 Å². The molecule has 1 aliphatic heterocycles. The van der Waals surface area contributed by atoms with E-state index in [0.29, 0.717) is 5.75 Å². The maximum absolute atomic E-state index is 9.46. The molecule has 2 heteroatoms. The van der Waals surface area contributed by atoms with Gasteiger partial charge in [0, 0.05) is 6.54 Å². The van der Waals surface area contributed by atoms with Crippen LogP contribution in [-0.2, 0) is 12.8 Å². The van der Waals surface area contributed by atoms with Crippen molar-refractivity contribution in [3.05, 3.63) is 29.3 Å². The molecule has 1 aromatic rings. The first-order valence-electron chi connectivity index (χ1n) is 6.34. The zero-order chi connectivity index (χ0) is 11.0. The Hall–Kier alpha value is -1.02. The molecular weight excluding hydrogens is 198 g/mol. The number of rotatable bonds is 2. The molecule has 0 amide bonds. The molecule has 3 rings (SSSR count). The van der Waals surface area contributed by atoms with Crippen LogP contribution in [-0.4, -0.2) is 29.6 Å². The Morgan fingerprint density at radius 3 is 2.69 bits per heavy atom. The van der Waals surface area contributed by atoms with Gasteiger partial charge >= 0.3 is 0 Å². The van der Waals surface area contributed by atoms with Gasteiger partial charge in [-0.25, -0.2) is 0 Å². The van der Waals surface area contributed by atoms with Gasteiger partial charge in [-0.15, -0.1) is 0 Å². The fourth-order valence-electron chi connectivity index (χ4n) is 3.16. The molecule has 2 aliphatic rings. The van der Waals surface area contributed by atoms with Crippen molar-refractivity contribution in [2.24, 2.45) is 5.92 Å². The SMILES string of the molecule is Oc1ccc2c(c1)CC(CN1CCCC1)C2. The number of likely N-dealkylation sites (tertiary alicyclic amines) is 1. The zero-order valence-electron chi connectivity index (χ0n) is 9.65. The Morgan fingerprint density at radius 1 is 1.12 bits per heavy atom. The summed E-state index contributed by atoms with van der Waals surface area (Å²) in [5.41, 5.74) is 2.81. The van der Waals surface area contributed by atoms with Crippen LogP contribution in [0.15, 0.2) is 18.2 Å². The monoisotopic (exact) mass is 217 g/mol. The van der Waals surface area contributed by atoms with E-state index in [1.807, 2.05) is 12.1 Å². The van der Waals surface area contributed by atoms with Gasteiger partial charge in [0.25, 0.3) is 0 Å². The highest BCUT2D eigenvalue weighted by Gasteiger charge is 2.24. The van der Waals surface area contributed by atoms with Crippen LogP contribution in [0.4, 0.5) is 0 Å². The average Bonchev–Trinajstić information content (AvgIpc) is 2.86. The van der Waals surface area contributed by atoms with Gasteiger partial charge < -0.3 is 10.0 Å². The zero-order valence-corrected chi connectivity index (χ0v) is 9.65. The lowest BCUT2D eigenvalue weighted by atomic mass is 10.1. The number of hydrogen-bond donors (Lipinski definition) is 1. The van der Waals surface area contributed by atoms with Crippen molar-refractivity contribution in [2.45, 2.75) is 25.7 Å². The topological polar surface area (TPSA) is 23.5 Å². The highest BCUT2D eigenvalue weighted by atomic mass is 16.3. The summed E-state index contributed by atoms with van der Waals surface area (Å²) in [7, 11) is 0. The number of hydrogen-bond acceptors (Lipinski definition) is 2.